The zero-order chi connectivity index (χ0) is 12.0. The summed E-state index contributed by atoms with van der Waals surface area (Å²) in [6, 6.07) is 11.2. The van der Waals surface area contributed by atoms with E-state index < -0.39 is 0 Å². The smallest absolute Gasteiger partial charge is 0.253 e. The lowest BCUT2D eigenvalue weighted by molar-refractivity contribution is 0.892. The number of rotatable bonds is 0. The largest absolute Gasteiger partial charge is 0.398 e. The van der Waals surface area contributed by atoms with Crippen molar-refractivity contribution in [2.45, 2.75) is 0 Å². The number of nitrogens with zero attached hydrogens (tertiary/aromatic N) is 2. The number of anilines is 1. The van der Waals surface area contributed by atoms with Crippen LogP contribution in [0.4, 0.5) is 5.69 Å². The Morgan fingerprint density at radius 2 is 2.00 bits per heavy atom. The number of benzene rings is 1. The lowest BCUT2D eigenvalue weighted by Crippen LogP contribution is -2.17. The molecule has 0 bridgehead atoms. The Balaban J connectivity index is 2.60. The predicted molar refractivity (Wildman–Crippen MR) is 68.9 cm³/mol. The van der Waals surface area contributed by atoms with Crippen LogP contribution in [0, 0.1) is 0 Å². The van der Waals surface area contributed by atoms with E-state index >= 15 is 0 Å². The summed E-state index contributed by atoms with van der Waals surface area (Å²) in [4.78, 5) is 16.1. The van der Waals surface area contributed by atoms with E-state index in [1.165, 1.54) is 10.6 Å². The highest BCUT2D eigenvalue weighted by atomic mass is 16.1. The summed E-state index contributed by atoms with van der Waals surface area (Å²) in [5.74, 6) is 0. The van der Waals surface area contributed by atoms with Crippen LogP contribution in [-0.2, 0) is 7.05 Å². The van der Waals surface area contributed by atoms with Gasteiger partial charge in [-0.15, -0.1) is 0 Å². The van der Waals surface area contributed by atoms with Crippen LogP contribution in [0.5, 0.6) is 0 Å². The highest BCUT2D eigenvalue weighted by Crippen LogP contribution is 2.22. The molecule has 2 N–H and O–H groups in total. The fraction of sp³-hybridized carbons (Fsp3) is 0.0769. The molecule has 0 amide bonds. The fourth-order valence-electron chi connectivity index (χ4n) is 1.99. The van der Waals surface area contributed by atoms with E-state index in [1.807, 2.05) is 30.3 Å². The molecule has 0 saturated carbocycles. The Labute approximate surface area is 97.3 Å². The first-order chi connectivity index (χ1) is 8.16. The maximum atomic E-state index is 11.6. The highest BCUT2D eigenvalue weighted by Gasteiger charge is 2.06. The van der Waals surface area contributed by atoms with Crippen LogP contribution < -0.4 is 11.3 Å². The minimum atomic E-state index is -0.141. The van der Waals surface area contributed by atoms with E-state index in [0.717, 1.165) is 16.3 Å². The fourth-order valence-corrected chi connectivity index (χ4v) is 1.99. The number of pyridine rings is 2. The number of nitrogens with two attached hydrogens (primary N) is 1. The molecule has 0 saturated heterocycles. The highest BCUT2D eigenvalue weighted by molar-refractivity contribution is 5.96. The molecule has 2 aromatic heterocycles. The maximum Gasteiger partial charge on any atom is 0.253 e. The summed E-state index contributed by atoms with van der Waals surface area (Å²) in [6.07, 6.45) is 0. The van der Waals surface area contributed by atoms with Gasteiger partial charge >= 0.3 is 0 Å². The van der Waals surface area contributed by atoms with Crippen LogP contribution in [0.1, 0.15) is 0 Å². The van der Waals surface area contributed by atoms with Crippen LogP contribution in [0.15, 0.2) is 41.2 Å². The molecule has 17 heavy (non-hydrogen) atoms. The summed E-state index contributed by atoms with van der Waals surface area (Å²) in [5.41, 5.74) is 7.68. The molecule has 4 nitrogen and oxygen atoms in total. The van der Waals surface area contributed by atoms with Crippen molar-refractivity contribution < 1.29 is 0 Å². The lowest BCUT2D eigenvalue weighted by Gasteiger charge is -2.07. The number of hydrogen-bond acceptors (Lipinski definition) is 3. The van der Waals surface area contributed by atoms with Gasteiger partial charge in [-0.25, -0.2) is 4.98 Å². The minimum Gasteiger partial charge on any atom is -0.398 e. The molecule has 1 aromatic carbocycles. The second-order valence-electron chi connectivity index (χ2n) is 4.05. The topological polar surface area (TPSA) is 60.9 Å². The first-order valence-electron chi connectivity index (χ1n) is 5.32. The van der Waals surface area contributed by atoms with Gasteiger partial charge < -0.3 is 5.73 Å². The van der Waals surface area contributed by atoms with E-state index in [0.29, 0.717) is 11.3 Å². The van der Waals surface area contributed by atoms with Crippen molar-refractivity contribution >= 4 is 27.6 Å². The summed E-state index contributed by atoms with van der Waals surface area (Å²) >= 11 is 0. The Morgan fingerprint density at radius 1 is 1.24 bits per heavy atom. The molecule has 0 spiro atoms. The average Bonchev–Trinajstić information content (AvgIpc) is 2.34. The molecule has 3 rings (SSSR count). The second-order valence-corrected chi connectivity index (χ2v) is 4.05. The third-order valence-corrected chi connectivity index (χ3v) is 2.94. The van der Waals surface area contributed by atoms with Crippen LogP contribution >= 0.6 is 0 Å². The van der Waals surface area contributed by atoms with E-state index in [1.54, 1.807) is 7.05 Å². The van der Waals surface area contributed by atoms with Gasteiger partial charge in [-0.05, 0) is 12.1 Å². The first-order valence-corrected chi connectivity index (χ1v) is 5.32. The summed E-state index contributed by atoms with van der Waals surface area (Å²) in [7, 11) is 1.70. The van der Waals surface area contributed by atoms with Gasteiger partial charge in [0.2, 0.25) is 0 Å². The van der Waals surface area contributed by atoms with Gasteiger partial charge in [0.05, 0.1) is 5.52 Å². The Hall–Kier alpha value is -2.36. The summed E-state index contributed by atoms with van der Waals surface area (Å²) in [6.45, 7) is 0. The van der Waals surface area contributed by atoms with Gasteiger partial charge in [-0.3, -0.25) is 9.36 Å². The molecule has 0 fully saturated rings. The van der Waals surface area contributed by atoms with Gasteiger partial charge in [-0.2, -0.15) is 0 Å². The van der Waals surface area contributed by atoms with Crippen molar-refractivity contribution in [1.82, 2.24) is 9.55 Å². The van der Waals surface area contributed by atoms with Crippen LogP contribution in [0.25, 0.3) is 21.9 Å². The predicted octanol–water partition coefficient (Wildman–Crippen LogP) is 1.67. The van der Waals surface area contributed by atoms with Gasteiger partial charge in [-0.1, -0.05) is 18.2 Å². The number of nitrogen functional groups attached to an aromatic ring is 1. The molecule has 0 radical (unpaired) electrons. The molecule has 0 unspecified atom stereocenters. The SMILES string of the molecule is Cn1c(=O)cc(N)c2cc3ccccc3nc21. The molecule has 0 aliphatic rings. The standard InChI is InChI=1S/C13H11N3O/c1-16-12(17)7-10(14)9-6-8-4-2-3-5-11(8)15-13(9)16/h2-7H,14H2,1H3. The van der Waals surface area contributed by atoms with Gasteiger partial charge in [0.1, 0.15) is 5.65 Å². The van der Waals surface area contributed by atoms with Crippen LogP contribution in [0.2, 0.25) is 0 Å². The number of para-hydroxylation sites is 1. The molecule has 0 aliphatic carbocycles. The Morgan fingerprint density at radius 3 is 2.82 bits per heavy atom. The minimum absolute atomic E-state index is 0.141. The van der Waals surface area contributed by atoms with Crippen molar-refractivity contribution in [3.8, 4) is 0 Å². The van der Waals surface area contributed by atoms with Gasteiger partial charge in [0.25, 0.3) is 5.56 Å². The Bertz CT molecular complexity index is 790. The van der Waals surface area contributed by atoms with Gasteiger partial charge in [0.15, 0.2) is 0 Å². The van der Waals surface area contributed by atoms with Crippen molar-refractivity contribution in [2.24, 2.45) is 7.05 Å². The van der Waals surface area contributed by atoms with Crippen LogP contribution in [-0.4, -0.2) is 9.55 Å². The molecular formula is C13H11N3O. The quantitative estimate of drug-likeness (QED) is 0.592. The zero-order valence-electron chi connectivity index (χ0n) is 9.34. The lowest BCUT2D eigenvalue weighted by atomic mass is 10.1. The number of aryl methyl sites for hydroxylation is 1. The number of hydrogen-bond donors (Lipinski definition) is 1. The Kier molecular flexibility index (Phi) is 1.92. The van der Waals surface area contributed by atoms with Crippen molar-refractivity contribution in [3.63, 3.8) is 0 Å². The van der Waals surface area contributed by atoms with Crippen molar-refractivity contribution in [3.05, 3.63) is 46.8 Å². The normalized spacial score (nSPS) is 11.1. The molecule has 2 heterocycles. The summed E-state index contributed by atoms with van der Waals surface area (Å²) < 4.78 is 1.51. The van der Waals surface area contributed by atoms with E-state index in [9.17, 15) is 4.79 Å². The number of aromatic nitrogens is 2. The van der Waals surface area contributed by atoms with Gasteiger partial charge in [0, 0.05) is 29.6 Å². The van der Waals surface area contributed by atoms with E-state index in [4.69, 9.17) is 5.73 Å². The van der Waals surface area contributed by atoms with E-state index in [2.05, 4.69) is 4.98 Å². The molecular weight excluding hydrogens is 214 g/mol. The monoisotopic (exact) mass is 225 g/mol. The van der Waals surface area contributed by atoms with Crippen LogP contribution in [0.3, 0.4) is 0 Å². The van der Waals surface area contributed by atoms with Crippen molar-refractivity contribution in [2.75, 3.05) is 5.73 Å². The zero-order valence-corrected chi connectivity index (χ0v) is 9.34. The third kappa shape index (κ3) is 1.38. The van der Waals surface area contributed by atoms with Crippen molar-refractivity contribution in [1.29, 1.82) is 0 Å². The first kappa shape index (κ1) is 9.84. The summed E-state index contributed by atoms with van der Waals surface area (Å²) in [5, 5.41) is 1.83. The molecule has 0 atom stereocenters. The van der Waals surface area contributed by atoms with E-state index in [-0.39, 0.29) is 5.56 Å². The third-order valence-electron chi connectivity index (χ3n) is 2.94. The molecule has 84 valence electrons. The maximum absolute atomic E-state index is 11.6. The molecule has 4 heteroatoms. The average molecular weight is 225 g/mol. The molecule has 0 aliphatic heterocycles. The molecule has 3 aromatic rings. The second kappa shape index (κ2) is 3.31. The number of fused-ring (bicyclic) bond motifs is 2.